The zero-order chi connectivity index (χ0) is 25.8. The number of nitrogens with zero attached hydrogens (tertiary/aromatic N) is 1. The zero-order valence-corrected chi connectivity index (χ0v) is 20.5. The van der Waals surface area contributed by atoms with Gasteiger partial charge in [0, 0.05) is 17.2 Å². The maximum atomic E-state index is 12.5. The van der Waals surface area contributed by atoms with E-state index < -0.39 is 28.4 Å². The Morgan fingerprint density at radius 1 is 1.06 bits per heavy atom. The molecule has 1 N–H and O–H groups in total. The topological polar surface area (TPSA) is 125 Å². The number of hydrogen-bond donors (Lipinski definition) is 1. The molecule has 1 atom stereocenters. The van der Waals surface area contributed by atoms with E-state index in [1.807, 2.05) is 6.07 Å². The molecule has 0 saturated heterocycles. The molecule has 1 heterocycles. The summed E-state index contributed by atoms with van der Waals surface area (Å²) in [6.45, 7) is 5.46. The van der Waals surface area contributed by atoms with Gasteiger partial charge in [0.2, 0.25) is 5.75 Å². The van der Waals surface area contributed by atoms with Crippen molar-refractivity contribution in [3.63, 3.8) is 0 Å². The van der Waals surface area contributed by atoms with E-state index in [9.17, 15) is 24.8 Å². The van der Waals surface area contributed by atoms with Crippen molar-refractivity contribution in [2.45, 2.75) is 76.2 Å². The molecule has 5 rings (SSSR count). The van der Waals surface area contributed by atoms with Crippen LogP contribution in [0.25, 0.3) is 0 Å². The van der Waals surface area contributed by atoms with Gasteiger partial charge in [0.05, 0.1) is 23.0 Å². The van der Waals surface area contributed by atoms with Gasteiger partial charge < -0.3 is 19.3 Å². The second-order valence-corrected chi connectivity index (χ2v) is 10.7. The fourth-order valence-electron chi connectivity index (χ4n) is 4.70. The van der Waals surface area contributed by atoms with Gasteiger partial charge in [-0.3, -0.25) is 14.9 Å². The van der Waals surface area contributed by atoms with E-state index >= 15 is 0 Å². The summed E-state index contributed by atoms with van der Waals surface area (Å²) < 4.78 is 17.7. The number of esters is 1. The van der Waals surface area contributed by atoms with Crippen LogP contribution in [0.3, 0.4) is 0 Å². The minimum atomic E-state index is -0.884. The lowest BCUT2D eigenvalue weighted by molar-refractivity contribution is -0.385. The molecule has 2 aromatic carbocycles. The number of nitro benzene ring substituents is 1. The molecule has 2 aliphatic carbocycles. The molecule has 2 saturated carbocycles. The molecule has 36 heavy (non-hydrogen) atoms. The standard InChI is InChI=1S/C27H29NO8/c1-27(2,3)36-26(31)16-8-9-21(20(12-16)28(32)33)35-24-18(14-4-5-14)13-19-17(25(29)30)10-11-34-23(19)22(24)15-6-7-15/h8-9,12-15,17H,4-7,10-11H2,1-3H3,(H,29,30). The Labute approximate surface area is 208 Å². The van der Waals surface area contributed by atoms with Gasteiger partial charge in [-0.2, -0.15) is 0 Å². The smallest absolute Gasteiger partial charge is 0.338 e. The van der Waals surface area contributed by atoms with Gasteiger partial charge in [-0.15, -0.1) is 0 Å². The average molecular weight is 496 g/mol. The van der Waals surface area contributed by atoms with Crippen molar-refractivity contribution < 1.29 is 33.8 Å². The second-order valence-electron chi connectivity index (χ2n) is 10.7. The average Bonchev–Trinajstić information content (AvgIpc) is 3.71. The Bertz CT molecular complexity index is 1250. The van der Waals surface area contributed by atoms with Crippen LogP contribution in [-0.2, 0) is 9.53 Å². The summed E-state index contributed by atoms with van der Waals surface area (Å²) in [5, 5.41) is 21.8. The Balaban J connectivity index is 1.60. The van der Waals surface area contributed by atoms with Crippen LogP contribution in [0.2, 0.25) is 0 Å². The van der Waals surface area contributed by atoms with E-state index in [1.165, 1.54) is 18.2 Å². The van der Waals surface area contributed by atoms with Crippen molar-refractivity contribution in [1.82, 2.24) is 0 Å². The summed E-state index contributed by atoms with van der Waals surface area (Å²) in [6, 6.07) is 5.92. The number of carbonyl (C=O) groups excluding carboxylic acids is 1. The van der Waals surface area contributed by atoms with E-state index in [4.69, 9.17) is 14.2 Å². The molecule has 1 aliphatic heterocycles. The molecule has 190 valence electrons. The Morgan fingerprint density at radius 3 is 2.33 bits per heavy atom. The van der Waals surface area contributed by atoms with Crippen LogP contribution >= 0.6 is 0 Å². The van der Waals surface area contributed by atoms with E-state index in [-0.39, 0.29) is 35.4 Å². The molecule has 2 aromatic rings. The molecule has 0 aromatic heterocycles. The molecule has 0 radical (unpaired) electrons. The third kappa shape index (κ3) is 4.74. The summed E-state index contributed by atoms with van der Waals surface area (Å²) in [4.78, 5) is 35.9. The molecule has 0 spiro atoms. The van der Waals surface area contributed by atoms with Crippen molar-refractivity contribution in [3.05, 3.63) is 56.6 Å². The molecular weight excluding hydrogens is 466 g/mol. The molecule has 1 unspecified atom stereocenters. The minimum Gasteiger partial charge on any atom is -0.493 e. The quantitative estimate of drug-likeness (QED) is 0.280. The molecule has 3 aliphatic rings. The predicted molar refractivity (Wildman–Crippen MR) is 129 cm³/mol. The van der Waals surface area contributed by atoms with Gasteiger partial charge >= 0.3 is 17.6 Å². The highest BCUT2D eigenvalue weighted by Crippen LogP contribution is 2.58. The van der Waals surface area contributed by atoms with Crippen molar-refractivity contribution >= 4 is 17.6 Å². The third-order valence-corrected chi connectivity index (χ3v) is 6.66. The van der Waals surface area contributed by atoms with Crippen molar-refractivity contribution in [2.24, 2.45) is 0 Å². The van der Waals surface area contributed by atoms with E-state index in [0.717, 1.165) is 36.8 Å². The maximum absolute atomic E-state index is 12.5. The first-order chi connectivity index (χ1) is 17.0. The highest BCUT2D eigenvalue weighted by molar-refractivity contribution is 5.91. The Morgan fingerprint density at radius 2 is 1.75 bits per heavy atom. The van der Waals surface area contributed by atoms with Crippen LogP contribution in [0.1, 0.15) is 97.7 Å². The number of carboxylic acid groups (broad SMARTS) is 1. The first-order valence-electron chi connectivity index (χ1n) is 12.3. The second kappa shape index (κ2) is 8.80. The lowest BCUT2D eigenvalue weighted by Gasteiger charge is -2.28. The van der Waals surface area contributed by atoms with Crippen molar-refractivity contribution in [1.29, 1.82) is 0 Å². The fraction of sp³-hybridized carbons (Fsp3) is 0.481. The monoisotopic (exact) mass is 495 g/mol. The number of nitro groups is 1. The summed E-state index contributed by atoms with van der Waals surface area (Å²) >= 11 is 0. The molecule has 2 fully saturated rings. The van der Waals surface area contributed by atoms with Gasteiger partial charge in [-0.1, -0.05) is 0 Å². The third-order valence-electron chi connectivity index (χ3n) is 6.66. The SMILES string of the molecule is CC(C)(C)OC(=O)c1ccc(Oc2c(C3CC3)cc3c(c2C2CC2)OCCC3C(=O)O)c([N+](=O)[O-])c1. The van der Waals surface area contributed by atoms with Crippen molar-refractivity contribution in [2.75, 3.05) is 6.61 Å². The maximum Gasteiger partial charge on any atom is 0.338 e. The normalized spacial score (nSPS) is 19.1. The molecule has 9 nitrogen and oxygen atoms in total. The van der Waals surface area contributed by atoms with Crippen LogP contribution in [0, 0.1) is 10.1 Å². The largest absolute Gasteiger partial charge is 0.493 e. The predicted octanol–water partition coefficient (Wildman–Crippen LogP) is 6.05. The van der Waals surface area contributed by atoms with Crippen LogP contribution in [0.15, 0.2) is 24.3 Å². The van der Waals surface area contributed by atoms with Crippen LogP contribution in [0.4, 0.5) is 5.69 Å². The van der Waals surface area contributed by atoms with Crippen LogP contribution in [-0.4, -0.2) is 34.2 Å². The molecule has 9 heteroatoms. The first kappa shape index (κ1) is 24.1. The molecule has 0 bridgehead atoms. The summed E-state index contributed by atoms with van der Waals surface area (Å²) in [6.07, 6.45) is 4.11. The van der Waals surface area contributed by atoms with E-state index in [1.54, 1.807) is 20.8 Å². The van der Waals surface area contributed by atoms with Gasteiger partial charge in [-0.05, 0) is 88.5 Å². The lowest BCUT2D eigenvalue weighted by Crippen LogP contribution is -2.24. The number of aliphatic carboxylic acids is 1. The lowest BCUT2D eigenvalue weighted by atomic mass is 9.86. The highest BCUT2D eigenvalue weighted by Gasteiger charge is 2.41. The number of ether oxygens (including phenoxy) is 3. The Hall–Kier alpha value is -3.62. The number of carboxylic acids is 1. The zero-order valence-electron chi connectivity index (χ0n) is 20.5. The first-order valence-corrected chi connectivity index (χ1v) is 12.3. The number of hydrogen-bond acceptors (Lipinski definition) is 7. The van der Waals surface area contributed by atoms with E-state index in [2.05, 4.69) is 0 Å². The summed E-state index contributed by atoms with van der Waals surface area (Å²) in [5.41, 5.74) is 1.33. The fourth-order valence-corrected chi connectivity index (χ4v) is 4.70. The van der Waals surface area contributed by atoms with Crippen LogP contribution in [0.5, 0.6) is 17.2 Å². The van der Waals surface area contributed by atoms with Crippen LogP contribution < -0.4 is 9.47 Å². The summed E-state index contributed by atoms with van der Waals surface area (Å²) in [7, 11) is 0. The number of fused-ring (bicyclic) bond motifs is 1. The van der Waals surface area contributed by atoms with Crippen molar-refractivity contribution in [3.8, 4) is 17.2 Å². The number of rotatable bonds is 7. The minimum absolute atomic E-state index is 0.0154. The molecule has 0 amide bonds. The van der Waals surface area contributed by atoms with Gasteiger partial charge in [0.15, 0.2) is 0 Å². The Kier molecular flexibility index (Phi) is 5.89. The number of benzene rings is 2. The van der Waals surface area contributed by atoms with Gasteiger partial charge in [0.25, 0.3) is 0 Å². The highest BCUT2D eigenvalue weighted by atomic mass is 16.6. The van der Waals surface area contributed by atoms with E-state index in [0.29, 0.717) is 23.5 Å². The van der Waals surface area contributed by atoms with Gasteiger partial charge in [0.1, 0.15) is 17.1 Å². The van der Waals surface area contributed by atoms with Gasteiger partial charge in [-0.25, -0.2) is 4.79 Å². The number of carbonyl (C=O) groups is 2. The molecular formula is C27H29NO8. The summed E-state index contributed by atoms with van der Waals surface area (Å²) in [5.74, 6) is -0.746.